The molecule has 0 saturated heterocycles. The minimum atomic E-state index is -4.16. The topological polar surface area (TPSA) is 96.0 Å². The second-order valence-electron chi connectivity index (χ2n) is 11.4. The Balaban J connectivity index is 1.81. The molecule has 1 atom stereocenters. The number of benzene rings is 4. The maximum absolute atomic E-state index is 14.6. The van der Waals surface area contributed by atoms with E-state index in [-0.39, 0.29) is 23.8 Å². The average Bonchev–Trinajstić information content (AvgIpc) is 3.05. The van der Waals surface area contributed by atoms with E-state index in [1.54, 1.807) is 37.4 Å². The Morgan fingerprint density at radius 1 is 0.826 bits per heavy atom. The zero-order chi connectivity index (χ0) is 33.1. The highest BCUT2D eigenvalue weighted by atomic mass is 32.2. The lowest BCUT2D eigenvalue weighted by Crippen LogP contribution is -2.53. The third-order valence-electron chi connectivity index (χ3n) is 7.69. The van der Waals surface area contributed by atoms with E-state index >= 15 is 0 Å². The number of aryl methyl sites for hydroxylation is 2. The summed E-state index contributed by atoms with van der Waals surface area (Å²) in [6.45, 7) is 5.85. The molecule has 0 spiro atoms. The molecule has 0 aliphatic rings. The van der Waals surface area contributed by atoms with E-state index in [9.17, 15) is 18.0 Å². The third-order valence-corrected chi connectivity index (χ3v) is 9.48. The summed E-state index contributed by atoms with van der Waals surface area (Å²) in [7, 11) is -2.59. The minimum Gasteiger partial charge on any atom is -0.497 e. The lowest BCUT2D eigenvalue weighted by atomic mass is 10.0. The average molecular weight is 642 g/mol. The number of methoxy groups -OCH3 is 1. The molecule has 9 heteroatoms. The van der Waals surface area contributed by atoms with Gasteiger partial charge in [0.2, 0.25) is 11.8 Å². The van der Waals surface area contributed by atoms with Crippen LogP contribution >= 0.6 is 0 Å². The molecule has 0 unspecified atom stereocenters. The molecule has 8 nitrogen and oxygen atoms in total. The number of nitrogens with zero attached hydrogens (tertiary/aromatic N) is 2. The summed E-state index contributed by atoms with van der Waals surface area (Å²) < 4.78 is 35.0. The number of hydrogen-bond acceptors (Lipinski definition) is 5. The number of sulfonamides is 1. The number of hydrogen-bond donors (Lipinski definition) is 1. The molecule has 0 aliphatic heterocycles. The molecular formula is C37H43N3O5S. The van der Waals surface area contributed by atoms with Crippen LogP contribution in [-0.2, 0) is 32.6 Å². The SMILES string of the molecule is CCCCNC(=O)[C@@H](Cc1ccccc1)N(Cc1cccc(OC)c1)C(=O)CN(c1cc(C)cc(C)c1)S(=O)(=O)c1ccccc1. The Bertz CT molecular complexity index is 1690. The van der Waals surface area contributed by atoms with Crippen molar-refractivity contribution in [2.45, 2.75) is 57.5 Å². The van der Waals surface area contributed by atoms with Crippen LogP contribution in [0.5, 0.6) is 5.75 Å². The van der Waals surface area contributed by atoms with Crippen molar-refractivity contribution in [3.8, 4) is 5.75 Å². The van der Waals surface area contributed by atoms with E-state index in [2.05, 4.69) is 5.32 Å². The first-order valence-corrected chi connectivity index (χ1v) is 17.0. The van der Waals surface area contributed by atoms with E-state index < -0.39 is 28.5 Å². The molecule has 4 rings (SSSR count). The molecule has 0 radical (unpaired) electrons. The fraction of sp³-hybridized carbons (Fsp3) is 0.297. The zero-order valence-corrected chi connectivity index (χ0v) is 27.8. The molecule has 4 aromatic rings. The van der Waals surface area contributed by atoms with E-state index in [4.69, 9.17) is 4.74 Å². The van der Waals surface area contributed by atoms with Gasteiger partial charge in [0.1, 0.15) is 18.3 Å². The summed E-state index contributed by atoms with van der Waals surface area (Å²) in [5.41, 5.74) is 3.73. The molecule has 0 heterocycles. The van der Waals surface area contributed by atoms with E-state index in [0.29, 0.717) is 18.0 Å². The van der Waals surface area contributed by atoms with E-state index in [1.165, 1.54) is 17.0 Å². The van der Waals surface area contributed by atoms with Gasteiger partial charge in [0, 0.05) is 19.5 Å². The van der Waals surface area contributed by atoms with Gasteiger partial charge in [-0.3, -0.25) is 13.9 Å². The first-order chi connectivity index (χ1) is 22.1. The summed E-state index contributed by atoms with van der Waals surface area (Å²) in [6.07, 6.45) is 1.95. The number of amides is 2. The lowest BCUT2D eigenvalue weighted by molar-refractivity contribution is -0.140. The maximum atomic E-state index is 14.6. The van der Waals surface area contributed by atoms with Gasteiger partial charge < -0.3 is 15.0 Å². The number of carbonyl (C=O) groups is 2. The molecule has 242 valence electrons. The molecule has 0 saturated carbocycles. The van der Waals surface area contributed by atoms with Gasteiger partial charge in [0.15, 0.2) is 0 Å². The number of nitrogens with one attached hydrogen (secondary N) is 1. The summed E-state index contributed by atoms with van der Waals surface area (Å²) in [5.74, 6) is -0.189. The van der Waals surface area contributed by atoms with Crippen molar-refractivity contribution in [3.05, 3.63) is 125 Å². The first-order valence-electron chi connectivity index (χ1n) is 15.5. The van der Waals surface area contributed by atoms with Gasteiger partial charge in [-0.05, 0) is 78.9 Å². The first kappa shape index (κ1) is 34.2. The highest BCUT2D eigenvalue weighted by Gasteiger charge is 2.34. The van der Waals surface area contributed by atoms with E-state index in [0.717, 1.165) is 39.4 Å². The Morgan fingerprint density at radius 2 is 1.46 bits per heavy atom. The van der Waals surface area contributed by atoms with Crippen LogP contribution in [0.15, 0.2) is 108 Å². The molecule has 46 heavy (non-hydrogen) atoms. The van der Waals surface area contributed by atoms with Gasteiger partial charge >= 0.3 is 0 Å². The summed E-state index contributed by atoms with van der Waals surface area (Å²) in [4.78, 5) is 30.1. The van der Waals surface area contributed by atoms with Crippen LogP contribution in [-0.4, -0.2) is 51.4 Å². The predicted octanol–water partition coefficient (Wildman–Crippen LogP) is 6.06. The molecule has 0 bridgehead atoms. The smallest absolute Gasteiger partial charge is 0.264 e. The van der Waals surface area contributed by atoms with Crippen molar-refractivity contribution in [2.75, 3.05) is 24.5 Å². The van der Waals surface area contributed by atoms with Gasteiger partial charge in [-0.2, -0.15) is 0 Å². The molecule has 1 N–H and O–H groups in total. The molecule has 2 amide bonds. The molecule has 0 aromatic heterocycles. The van der Waals surface area contributed by atoms with Crippen LogP contribution in [0.1, 0.15) is 42.0 Å². The Hall–Kier alpha value is -4.63. The van der Waals surface area contributed by atoms with Crippen LogP contribution in [0.3, 0.4) is 0 Å². The van der Waals surface area contributed by atoms with Crippen molar-refractivity contribution >= 4 is 27.5 Å². The van der Waals surface area contributed by atoms with Crippen molar-refractivity contribution < 1.29 is 22.7 Å². The van der Waals surface area contributed by atoms with Crippen LogP contribution < -0.4 is 14.4 Å². The summed E-state index contributed by atoms with van der Waals surface area (Å²) in [6, 6.07) is 29.5. The summed E-state index contributed by atoms with van der Waals surface area (Å²) >= 11 is 0. The predicted molar refractivity (Wildman–Crippen MR) is 182 cm³/mol. The zero-order valence-electron chi connectivity index (χ0n) is 27.0. The van der Waals surface area contributed by atoms with Crippen LogP contribution in [0.25, 0.3) is 0 Å². The number of rotatable bonds is 15. The molecule has 4 aromatic carbocycles. The van der Waals surface area contributed by atoms with Crippen LogP contribution in [0, 0.1) is 13.8 Å². The van der Waals surface area contributed by atoms with Crippen molar-refractivity contribution in [2.24, 2.45) is 0 Å². The van der Waals surface area contributed by atoms with Crippen LogP contribution in [0.2, 0.25) is 0 Å². The quantitative estimate of drug-likeness (QED) is 0.159. The number of ether oxygens (including phenoxy) is 1. The second kappa shape index (κ2) is 16.1. The fourth-order valence-electron chi connectivity index (χ4n) is 5.37. The van der Waals surface area contributed by atoms with Gasteiger partial charge in [-0.1, -0.05) is 80.1 Å². The highest BCUT2D eigenvalue weighted by Crippen LogP contribution is 2.27. The van der Waals surface area contributed by atoms with Gasteiger partial charge in [-0.15, -0.1) is 0 Å². The van der Waals surface area contributed by atoms with E-state index in [1.807, 2.05) is 81.4 Å². The van der Waals surface area contributed by atoms with Gasteiger partial charge in [-0.25, -0.2) is 8.42 Å². The summed E-state index contributed by atoms with van der Waals surface area (Å²) in [5, 5.41) is 3.01. The van der Waals surface area contributed by atoms with Crippen molar-refractivity contribution in [1.82, 2.24) is 10.2 Å². The number of carbonyl (C=O) groups excluding carboxylic acids is 2. The number of anilines is 1. The maximum Gasteiger partial charge on any atom is 0.264 e. The van der Waals surface area contributed by atoms with Gasteiger partial charge in [0.25, 0.3) is 10.0 Å². The normalized spacial score (nSPS) is 11.8. The molecule has 0 aliphatic carbocycles. The van der Waals surface area contributed by atoms with Crippen molar-refractivity contribution in [3.63, 3.8) is 0 Å². The largest absolute Gasteiger partial charge is 0.497 e. The monoisotopic (exact) mass is 641 g/mol. The molecule has 0 fully saturated rings. The Labute approximate surface area is 273 Å². The van der Waals surface area contributed by atoms with Crippen LogP contribution in [0.4, 0.5) is 5.69 Å². The lowest BCUT2D eigenvalue weighted by Gasteiger charge is -2.34. The molecular weight excluding hydrogens is 598 g/mol. The number of unbranched alkanes of at least 4 members (excludes halogenated alkanes) is 1. The third kappa shape index (κ3) is 8.97. The Kier molecular flexibility index (Phi) is 12.0. The fourth-order valence-corrected chi connectivity index (χ4v) is 6.79. The van der Waals surface area contributed by atoms with Crippen molar-refractivity contribution in [1.29, 1.82) is 0 Å². The Morgan fingerprint density at radius 3 is 2.09 bits per heavy atom. The minimum absolute atomic E-state index is 0.0689. The van der Waals surface area contributed by atoms with Gasteiger partial charge in [0.05, 0.1) is 17.7 Å². The standard InChI is InChI=1S/C37H43N3O5S/c1-5-6-20-38-37(42)35(25-30-14-9-7-10-15-30)39(26-31-16-13-17-33(24-31)45-4)36(41)27-40(32-22-28(2)21-29(3)23-32)46(43,44)34-18-11-8-12-19-34/h7-19,21-24,35H,5-6,20,25-27H2,1-4H3,(H,38,42)/t35-/m1/s1. The second-order valence-corrected chi connectivity index (χ2v) is 13.3. The highest BCUT2D eigenvalue weighted by molar-refractivity contribution is 7.92.